The van der Waals surface area contributed by atoms with Crippen LogP contribution in [0.1, 0.15) is 0 Å². The van der Waals surface area contributed by atoms with E-state index in [0.717, 1.165) is 4.40 Å². The Labute approximate surface area is 56.6 Å². The molecule has 0 spiro atoms. The van der Waals surface area contributed by atoms with Crippen LogP contribution in [0.15, 0.2) is 24.3 Å². The number of rotatable bonds is 0. The summed E-state index contributed by atoms with van der Waals surface area (Å²) in [5.74, 6) is 0.451. The first kappa shape index (κ1) is 5.70. The Bertz CT molecular complexity index is 165. The van der Waals surface area contributed by atoms with Gasteiger partial charge >= 0.3 is 56.0 Å². The predicted octanol–water partition coefficient (Wildman–Crippen LogP) is -0.617. The summed E-state index contributed by atoms with van der Waals surface area (Å²) in [6.45, 7) is 0. The van der Waals surface area contributed by atoms with Gasteiger partial charge in [0, 0.05) is 0 Å². The summed E-state index contributed by atoms with van der Waals surface area (Å²) in [7, 11) is 0. The predicted molar refractivity (Wildman–Crippen MR) is 37.7 cm³/mol. The van der Waals surface area contributed by atoms with Crippen LogP contribution in [0, 0.1) is 0 Å². The molecule has 0 aliphatic carbocycles. The minimum absolute atomic E-state index is 0.451. The van der Waals surface area contributed by atoms with Crippen LogP contribution in [-0.2, 0) is 0 Å². The van der Waals surface area contributed by atoms with Crippen molar-refractivity contribution in [3.63, 3.8) is 0 Å². The van der Waals surface area contributed by atoms with Crippen molar-refractivity contribution in [1.29, 1.82) is 0 Å². The van der Waals surface area contributed by atoms with Gasteiger partial charge in [-0.05, 0) is 0 Å². The maximum absolute atomic E-state index is 8.97. The minimum atomic E-state index is 0.451. The molecule has 1 aromatic carbocycles. The summed E-state index contributed by atoms with van der Waals surface area (Å²) in [6.07, 6.45) is 0. The first-order valence-electron chi connectivity index (χ1n) is 2.55. The number of para-hydroxylation sites is 1. The molecule has 0 aliphatic rings. The number of aromatic hydroxyl groups is 1. The van der Waals surface area contributed by atoms with E-state index in [1.165, 1.54) is 0 Å². The van der Waals surface area contributed by atoms with E-state index in [-0.39, 0.29) is 0 Å². The number of phenolic OH excluding ortho intramolecular Hbond substituents is 1. The van der Waals surface area contributed by atoms with E-state index < -0.39 is 0 Å². The van der Waals surface area contributed by atoms with Crippen molar-refractivity contribution < 1.29 is 5.11 Å². The fourth-order valence-electron chi connectivity index (χ4n) is 0.563. The number of hydrogen-bond acceptors (Lipinski definition) is 1. The summed E-state index contributed by atoms with van der Waals surface area (Å²) in [6, 6.07) is 7.46. The van der Waals surface area contributed by atoms with Gasteiger partial charge in [0.15, 0.2) is 0 Å². The Morgan fingerprint density at radius 3 is 2.25 bits per heavy atom. The van der Waals surface area contributed by atoms with Crippen molar-refractivity contribution in [1.82, 2.24) is 0 Å². The van der Waals surface area contributed by atoms with Crippen LogP contribution in [0.2, 0.25) is 0 Å². The van der Waals surface area contributed by atoms with E-state index >= 15 is 0 Å². The van der Waals surface area contributed by atoms with Crippen LogP contribution in [0.3, 0.4) is 0 Å². The van der Waals surface area contributed by atoms with E-state index in [9.17, 15) is 0 Å². The molecular formula is C6H8GeO. The van der Waals surface area contributed by atoms with Crippen molar-refractivity contribution in [3.05, 3.63) is 24.3 Å². The standard InChI is InChI=1S/C6H8GeO/c7-5-3-1-2-4-6(5)8/h1-4,8H,7H3. The summed E-state index contributed by atoms with van der Waals surface area (Å²) in [5.41, 5.74) is 0. The van der Waals surface area contributed by atoms with E-state index in [4.69, 9.17) is 5.11 Å². The zero-order valence-electron chi connectivity index (χ0n) is 4.76. The van der Waals surface area contributed by atoms with Crippen LogP contribution in [0.5, 0.6) is 5.75 Å². The maximum atomic E-state index is 8.97. The zero-order valence-corrected chi connectivity index (χ0v) is 8.95. The van der Waals surface area contributed by atoms with Crippen molar-refractivity contribution in [2.24, 2.45) is 0 Å². The van der Waals surface area contributed by atoms with Gasteiger partial charge in [-0.1, -0.05) is 0 Å². The summed E-state index contributed by atoms with van der Waals surface area (Å²) >= 11 is 0.596. The van der Waals surface area contributed by atoms with Gasteiger partial charge < -0.3 is 0 Å². The normalized spacial score (nSPS) is 9.50. The van der Waals surface area contributed by atoms with Crippen LogP contribution in [0.4, 0.5) is 0 Å². The van der Waals surface area contributed by atoms with Gasteiger partial charge in [0.1, 0.15) is 0 Å². The molecule has 1 N–H and O–H groups in total. The second-order valence-corrected chi connectivity index (χ2v) is 4.05. The molecule has 0 aromatic heterocycles. The van der Waals surface area contributed by atoms with Crippen molar-refractivity contribution >= 4 is 20.9 Å². The summed E-state index contributed by atoms with van der Waals surface area (Å²) in [5, 5.41) is 8.97. The fourth-order valence-corrected chi connectivity index (χ4v) is 1.32. The molecule has 8 heavy (non-hydrogen) atoms. The third-order valence-corrected chi connectivity index (χ3v) is 2.89. The van der Waals surface area contributed by atoms with Crippen LogP contribution >= 0.6 is 0 Å². The Hall–Kier alpha value is -0.437. The second-order valence-electron chi connectivity index (χ2n) is 1.79. The zero-order chi connectivity index (χ0) is 5.98. The molecule has 0 atom stereocenters. The van der Waals surface area contributed by atoms with Crippen LogP contribution < -0.4 is 4.40 Å². The molecule has 0 bridgehead atoms. The van der Waals surface area contributed by atoms with E-state index in [0.29, 0.717) is 22.3 Å². The van der Waals surface area contributed by atoms with Gasteiger partial charge in [-0.15, -0.1) is 0 Å². The Morgan fingerprint density at radius 2 is 1.88 bits per heavy atom. The fraction of sp³-hybridized carbons (Fsp3) is 0. The SMILES string of the molecule is Oc1cccc[c]1[GeH3]. The molecule has 2 heteroatoms. The average molecular weight is 169 g/mol. The first-order valence-corrected chi connectivity index (χ1v) is 4.65. The topological polar surface area (TPSA) is 20.2 Å². The Balaban J connectivity index is 3.13. The molecular weight excluding hydrogens is 161 g/mol. The van der Waals surface area contributed by atoms with Crippen molar-refractivity contribution in [2.45, 2.75) is 0 Å². The molecule has 0 amide bonds. The number of hydrogen-bond donors (Lipinski definition) is 1. The van der Waals surface area contributed by atoms with E-state index in [1.54, 1.807) is 6.07 Å². The van der Waals surface area contributed by atoms with Gasteiger partial charge in [-0.25, -0.2) is 0 Å². The third kappa shape index (κ3) is 1.04. The molecule has 1 nitrogen and oxygen atoms in total. The van der Waals surface area contributed by atoms with Gasteiger partial charge in [0.2, 0.25) is 0 Å². The van der Waals surface area contributed by atoms with Gasteiger partial charge in [0.05, 0.1) is 0 Å². The molecule has 0 heterocycles. The Morgan fingerprint density at radius 1 is 1.25 bits per heavy atom. The average Bonchev–Trinajstić information content (AvgIpc) is 1.77. The monoisotopic (exact) mass is 170 g/mol. The molecule has 0 saturated carbocycles. The summed E-state index contributed by atoms with van der Waals surface area (Å²) in [4.78, 5) is 0. The van der Waals surface area contributed by atoms with Gasteiger partial charge in [-0.2, -0.15) is 0 Å². The van der Waals surface area contributed by atoms with Crippen molar-refractivity contribution in [3.8, 4) is 5.75 Å². The molecule has 0 radical (unpaired) electrons. The van der Waals surface area contributed by atoms with Gasteiger partial charge in [-0.3, -0.25) is 0 Å². The molecule has 42 valence electrons. The summed E-state index contributed by atoms with van der Waals surface area (Å²) < 4.78 is 1.11. The third-order valence-electron chi connectivity index (χ3n) is 1.12. The van der Waals surface area contributed by atoms with Crippen LogP contribution in [0.25, 0.3) is 0 Å². The Kier molecular flexibility index (Phi) is 1.58. The number of benzene rings is 1. The van der Waals surface area contributed by atoms with Gasteiger partial charge in [0.25, 0.3) is 0 Å². The van der Waals surface area contributed by atoms with Crippen molar-refractivity contribution in [2.75, 3.05) is 0 Å². The first-order chi connectivity index (χ1) is 3.80. The van der Waals surface area contributed by atoms with E-state index in [2.05, 4.69) is 0 Å². The second kappa shape index (κ2) is 2.22. The quantitative estimate of drug-likeness (QED) is 0.513. The van der Waals surface area contributed by atoms with E-state index in [1.807, 2.05) is 18.2 Å². The molecule has 0 unspecified atom stereocenters. The molecule has 0 saturated heterocycles. The molecule has 0 fully saturated rings. The van der Waals surface area contributed by atoms with Crippen LogP contribution in [-0.4, -0.2) is 21.6 Å². The molecule has 0 aliphatic heterocycles. The number of phenols is 1. The molecule has 1 aromatic rings. The molecule has 1 rings (SSSR count).